The minimum Gasteiger partial charge on any atom is -0.496 e. The molecule has 2 heterocycles. The summed E-state index contributed by atoms with van der Waals surface area (Å²) >= 11 is 0. The highest BCUT2D eigenvalue weighted by atomic mass is 19.4. The molecule has 10 heteroatoms. The van der Waals surface area contributed by atoms with E-state index in [2.05, 4.69) is 10.1 Å². The Morgan fingerprint density at radius 3 is 2.65 bits per heavy atom. The lowest BCUT2D eigenvalue weighted by atomic mass is 10.1. The van der Waals surface area contributed by atoms with Crippen molar-refractivity contribution in [1.29, 1.82) is 0 Å². The molecule has 0 fully saturated rings. The number of hydrogen-bond donors (Lipinski definition) is 0. The number of fused-ring (bicyclic) bond motifs is 1. The molecule has 1 aromatic carbocycles. The molecule has 0 aliphatic rings. The molecule has 7 nitrogen and oxygen atoms in total. The van der Waals surface area contributed by atoms with Crippen LogP contribution in [0.1, 0.15) is 35.8 Å². The van der Waals surface area contributed by atoms with Crippen molar-refractivity contribution in [2.24, 2.45) is 0 Å². The number of aromatic nitrogens is 3. The van der Waals surface area contributed by atoms with Gasteiger partial charge < -0.3 is 14.2 Å². The van der Waals surface area contributed by atoms with Crippen LogP contribution in [0.5, 0.6) is 5.75 Å². The van der Waals surface area contributed by atoms with Crippen LogP contribution in [-0.2, 0) is 15.7 Å². The van der Waals surface area contributed by atoms with Gasteiger partial charge >= 0.3 is 12.1 Å². The lowest BCUT2D eigenvalue weighted by Crippen LogP contribution is -2.15. The number of ether oxygens (including phenoxy) is 3. The Hall–Kier alpha value is -3.14. The average molecular weight is 437 g/mol. The summed E-state index contributed by atoms with van der Waals surface area (Å²) in [4.78, 5) is 16.7. The van der Waals surface area contributed by atoms with Crippen LogP contribution in [0, 0.1) is 0 Å². The van der Waals surface area contributed by atoms with Gasteiger partial charge in [0.15, 0.2) is 11.3 Å². The molecule has 0 aliphatic carbocycles. The van der Waals surface area contributed by atoms with Crippen LogP contribution in [0.2, 0.25) is 0 Å². The van der Waals surface area contributed by atoms with Crippen molar-refractivity contribution in [3.63, 3.8) is 0 Å². The number of para-hydroxylation sites is 1. The van der Waals surface area contributed by atoms with Crippen molar-refractivity contribution in [2.75, 3.05) is 26.9 Å². The number of alkyl halides is 3. The van der Waals surface area contributed by atoms with E-state index < -0.39 is 17.8 Å². The zero-order valence-electron chi connectivity index (χ0n) is 17.1. The Balaban J connectivity index is 1.96. The SMILES string of the molecule is CCCCOCCOC(=O)c1cnn2c(C(F)(F)F)cc(-c3ccccc3OC)nc12. The summed E-state index contributed by atoms with van der Waals surface area (Å²) in [6.07, 6.45) is -1.84. The van der Waals surface area contributed by atoms with E-state index in [0.717, 1.165) is 25.1 Å². The molecule has 0 saturated carbocycles. The molecule has 0 bridgehead atoms. The molecule has 0 radical (unpaired) electrons. The lowest BCUT2D eigenvalue weighted by Gasteiger charge is -2.13. The number of methoxy groups -OCH3 is 1. The highest BCUT2D eigenvalue weighted by Crippen LogP contribution is 2.35. The van der Waals surface area contributed by atoms with E-state index in [4.69, 9.17) is 14.2 Å². The van der Waals surface area contributed by atoms with Gasteiger partial charge in [-0.05, 0) is 24.6 Å². The maximum Gasteiger partial charge on any atom is 0.433 e. The van der Waals surface area contributed by atoms with Gasteiger partial charge in [-0.3, -0.25) is 0 Å². The van der Waals surface area contributed by atoms with Gasteiger partial charge in [-0.1, -0.05) is 25.5 Å². The molecule has 0 aliphatic heterocycles. The maximum absolute atomic E-state index is 13.7. The predicted molar refractivity (Wildman–Crippen MR) is 106 cm³/mol. The number of hydrogen-bond acceptors (Lipinski definition) is 6. The normalized spacial score (nSPS) is 11.6. The maximum atomic E-state index is 13.7. The van der Waals surface area contributed by atoms with Crippen molar-refractivity contribution in [3.05, 3.63) is 47.8 Å². The number of unbranched alkanes of at least 4 members (excludes halogenated alkanes) is 1. The molecule has 31 heavy (non-hydrogen) atoms. The van der Waals surface area contributed by atoms with Crippen LogP contribution in [0.15, 0.2) is 36.5 Å². The third kappa shape index (κ3) is 5.13. The van der Waals surface area contributed by atoms with Gasteiger partial charge in [0.05, 0.1) is 25.6 Å². The molecule has 0 amide bonds. The summed E-state index contributed by atoms with van der Waals surface area (Å²) in [5.74, 6) is -0.479. The fraction of sp³-hybridized carbons (Fsp3) is 0.381. The molecular formula is C21H22F3N3O4. The molecule has 0 unspecified atom stereocenters. The first-order valence-electron chi connectivity index (χ1n) is 9.71. The van der Waals surface area contributed by atoms with Crippen LogP contribution in [0.25, 0.3) is 16.9 Å². The van der Waals surface area contributed by atoms with Crippen molar-refractivity contribution in [2.45, 2.75) is 25.9 Å². The summed E-state index contributed by atoms with van der Waals surface area (Å²) in [7, 11) is 1.41. The highest BCUT2D eigenvalue weighted by Gasteiger charge is 2.36. The third-order valence-electron chi connectivity index (χ3n) is 4.47. The van der Waals surface area contributed by atoms with Crippen molar-refractivity contribution in [3.8, 4) is 17.0 Å². The Morgan fingerprint density at radius 1 is 1.16 bits per heavy atom. The topological polar surface area (TPSA) is 75.0 Å². The Morgan fingerprint density at radius 2 is 1.94 bits per heavy atom. The molecule has 3 rings (SSSR count). The van der Waals surface area contributed by atoms with E-state index in [1.54, 1.807) is 24.3 Å². The summed E-state index contributed by atoms with van der Waals surface area (Å²) in [5, 5.41) is 3.72. The lowest BCUT2D eigenvalue weighted by molar-refractivity contribution is -0.142. The summed E-state index contributed by atoms with van der Waals surface area (Å²) in [6.45, 7) is 2.73. The quantitative estimate of drug-likeness (QED) is 0.365. The van der Waals surface area contributed by atoms with E-state index in [0.29, 0.717) is 22.4 Å². The van der Waals surface area contributed by atoms with E-state index in [1.807, 2.05) is 6.92 Å². The van der Waals surface area contributed by atoms with Crippen molar-refractivity contribution < 1.29 is 32.2 Å². The summed E-state index contributed by atoms with van der Waals surface area (Å²) in [5.41, 5.74) is -1.15. The fourth-order valence-corrected chi connectivity index (χ4v) is 2.92. The molecular weight excluding hydrogens is 415 g/mol. The van der Waals surface area contributed by atoms with E-state index in [-0.39, 0.29) is 30.1 Å². The van der Waals surface area contributed by atoms with Gasteiger partial charge in [0.1, 0.15) is 17.9 Å². The molecule has 0 saturated heterocycles. The van der Waals surface area contributed by atoms with Gasteiger partial charge in [0.25, 0.3) is 0 Å². The van der Waals surface area contributed by atoms with Gasteiger partial charge in [-0.15, -0.1) is 0 Å². The van der Waals surface area contributed by atoms with Crippen LogP contribution in [-0.4, -0.2) is 47.5 Å². The molecule has 2 aromatic heterocycles. The van der Waals surface area contributed by atoms with Crippen LogP contribution >= 0.6 is 0 Å². The predicted octanol–water partition coefficient (Wildman–Crippen LogP) is 4.40. The average Bonchev–Trinajstić information content (AvgIpc) is 3.18. The van der Waals surface area contributed by atoms with Crippen LogP contribution in [0.4, 0.5) is 13.2 Å². The number of nitrogens with zero attached hydrogens (tertiary/aromatic N) is 3. The molecule has 166 valence electrons. The first-order valence-corrected chi connectivity index (χ1v) is 9.71. The van der Waals surface area contributed by atoms with Crippen LogP contribution in [0.3, 0.4) is 0 Å². The van der Waals surface area contributed by atoms with E-state index >= 15 is 0 Å². The second kappa shape index (κ2) is 9.78. The van der Waals surface area contributed by atoms with Crippen LogP contribution < -0.4 is 4.74 Å². The first kappa shape index (κ1) is 22.5. The smallest absolute Gasteiger partial charge is 0.433 e. The zero-order chi connectivity index (χ0) is 22.4. The Bertz CT molecular complexity index is 1050. The van der Waals surface area contributed by atoms with Crippen molar-refractivity contribution in [1.82, 2.24) is 14.6 Å². The van der Waals surface area contributed by atoms with Gasteiger partial charge in [0.2, 0.25) is 0 Å². The number of benzene rings is 1. The monoisotopic (exact) mass is 437 g/mol. The second-order valence-electron chi connectivity index (χ2n) is 6.62. The number of rotatable bonds is 9. The fourth-order valence-electron chi connectivity index (χ4n) is 2.92. The number of carbonyl (C=O) groups excluding carboxylic acids is 1. The highest BCUT2D eigenvalue weighted by molar-refractivity contribution is 5.96. The van der Waals surface area contributed by atoms with Gasteiger partial charge in [-0.25, -0.2) is 14.3 Å². The van der Waals surface area contributed by atoms with E-state index in [9.17, 15) is 18.0 Å². The second-order valence-corrected chi connectivity index (χ2v) is 6.62. The van der Waals surface area contributed by atoms with Gasteiger partial charge in [0, 0.05) is 12.2 Å². The third-order valence-corrected chi connectivity index (χ3v) is 4.47. The summed E-state index contributed by atoms with van der Waals surface area (Å²) in [6, 6.07) is 7.41. The minimum absolute atomic E-state index is 0.00489. The molecule has 0 atom stereocenters. The Labute approximate surface area is 176 Å². The zero-order valence-corrected chi connectivity index (χ0v) is 17.1. The summed E-state index contributed by atoms with van der Waals surface area (Å²) < 4.78 is 57.4. The van der Waals surface area contributed by atoms with E-state index in [1.165, 1.54) is 7.11 Å². The molecule has 3 aromatic rings. The number of esters is 1. The first-order chi connectivity index (χ1) is 14.9. The largest absolute Gasteiger partial charge is 0.496 e. The number of halogens is 3. The Kier molecular flexibility index (Phi) is 7.11. The number of carbonyl (C=O) groups is 1. The van der Waals surface area contributed by atoms with Crippen molar-refractivity contribution >= 4 is 11.6 Å². The molecule has 0 N–H and O–H groups in total. The molecule has 0 spiro atoms. The minimum atomic E-state index is -4.72. The standard InChI is InChI=1S/C21H22F3N3O4/c1-3-4-9-30-10-11-31-20(28)15-13-25-27-18(21(22,23)24)12-16(26-19(15)27)14-7-5-6-8-17(14)29-2/h5-8,12-13H,3-4,9-11H2,1-2H3. The van der Waals surface area contributed by atoms with Gasteiger partial charge in [-0.2, -0.15) is 18.3 Å².